The van der Waals surface area contributed by atoms with Crippen molar-refractivity contribution in [3.8, 4) is 5.69 Å². The first kappa shape index (κ1) is 18.0. The summed E-state index contributed by atoms with van der Waals surface area (Å²) >= 11 is 0. The number of nitrogens with one attached hydrogen (secondary N) is 1. The van der Waals surface area contributed by atoms with E-state index in [9.17, 15) is 9.59 Å². The Labute approximate surface area is 163 Å². The van der Waals surface area contributed by atoms with E-state index in [0.717, 1.165) is 29.9 Å². The fourth-order valence-corrected chi connectivity index (χ4v) is 3.54. The van der Waals surface area contributed by atoms with Crippen LogP contribution in [0.15, 0.2) is 78.0 Å². The summed E-state index contributed by atoms with van der Waals surface area (Å²) in [6.07, 6.45) is 7.07. The maximum Gasteiger partial charge on any atom is 0.255 e. The number of aromatic nitrogens is 2. The molecule has 1 unspecified atom stereocenters. The van der Waals surface area contributed by atoms with E-state index in [0.29, 0.717) is 13.1 Å². The van der Waals surface area contributed by atoms with Gasteiger partial charge >= 0.3 is 0 Å². The lowest BCUT2D eigenvalue weighted by Gasteiger charge is -2.32. The number of pyridine rings is 2. The molecule has 3 aromatic rings. The molecule has 3 heterocycles. The molecule has 0 bridgehead atoms. The van der Waals surface area contributed by atoms with Crippen molar-refractivity contribution in [2.75, 3.05) is 23.3 Å². The summed E-state index contributed by atoms with van der Waals surface area (Å²) in [5, 5.41) is 3.31. The van der Waals surface area contributed by atoms with Crippen molar-refractivity contribution in [3.63, 3.8) is 0 Å². The molecule has 1 fully saturated rings. The number of anilines is 2. The summed E-state index contributed by atoms with van der Waals surface area (Å²) in [6, 6.07) is 16.5. The summed E-state index contributed by atoms with van der Waals surface area (Å²) in [4.78, 5) is 30.9. The van der Waals surface area contributed by atoms with E-state index >= 15 is 0 Å². The lowest BCUT2D eigenvalue weighted by molar-refractivity contribution is -0.123. The number of carbonyl (C=O) groups excluding carboxylic acids is 1. The van der Waals surface area contributed by atoms with Crippen molar-refractivity contribution in [1.29, 1.82) is 0 Å². The Morgan fingerprint density at radius 3 is 2.57 bits per heavy atom. The van der Waals surface area contributed by atoms with Crippen LogP contribution in [0.2, 0.25) is 0 Å². The van der Waals surface area contributed by atoms with Crippen molar-refractivity contribution in [2.24, 2.45) is 5.92 Å². The maximum absolute atomic E-state index is 13.0. The molecule has 1 aliphatic heterocycles. The van der Waals surface area contributed by atoms with Gasteiger partial charge in [0.25, 0.3) is 5.56 Å². The van der Waals surface area contributed by atoms with Gasteiger partial charge in [0, 0.05) is 49.1 Å². The molecule has 0 saturated carbocycles. The lowest BCUT2D eigenvalue weighted by Crippen LogP contribution is -2.43. The van der Waals surface area contributed by atoms with Crippen molar-refractivity contribution in [3.05, 3.63) is 83.5 Å². The van der Waals surface area contributed by atoms with E-state index < -0.39 is 0 Å². The normalized spacial score (nSPS) is 16.8. The van der Waals surface area contributed by atoms with Gasteiger partial charge in [-0.3, -0.25) is 19.1 Å². The van der Waals surface area contributed by atoms with Crippen LogP contribution in [0.25, 0.3) is 5.69 Å². The van der Waals surface area contributed by atoms with Crippen LogP contribution in [0.4, 0.5) is 11.4 Å². The first-order valence-electron chi connectivity index (χ1n) is 9.46. The summed E-state index contributed by atoms with van der Waals surface area (Å²) < 4.78 is 1.59. The highest BCUT2D eigenvalue weighted by Crippen LogP contribution is 2.25. The van der Waals surface area contributed by atoms with Crippen LogP contribution in [-0.2, 0) is 4.79 Å². The molecule has 2 aromatic heterocycles. The second-order valence-corrected chi connectivity index (χ2v) is 6.88. The number of amides is 1. The van der Waals surface area contributed by atoms with Gasteiger partial charge in [-0.05, 0) is 55.3 Å². The first-order valence-corrected chi connectivity index (χ1v) is 9.46. The van der Waals surface area contributed by atoms with Crippen LogP contribution in [0, 0.1) is 5.92 Å². The third-order valence-corrected chi connectivity index (χ3v) is 5.03. The highest BCUT2D eigenvalue weighted by atomic mass is 16.2. The zero-order valence-electron chi connectivity index (χ0n) is 15.5. The second-order valence-electron chi connectivity index (χ2n) is 6.88. The SMILES string of the molecule is O=C1C(CNc2cccnc2)CCCN1c1ccc(-n2ccccc2=O)cc1. The van der Waals surface area contributed by atoms with E-state index in [1.54, 1.807) is 29.2 Å². The van der Waals surface area contributed by atoms with Gasteiger partial charge in [-0.15, -0.1) is 0 Å². The van der Waals surface area contributed by atoms with Crippen LogP contribution in [0.1, 0.15) is 12.8 Å². The largest absolute Gasteiger partial charge is 0.383 e. The molecule has 1 aliphatic rings. The summed E-state index contributed by atoms with van der Waals surface area (Å²) in [6.45, 7) is 1.31. The third kappa shape index (κ3) is 3.81. The van der Waals surface area contributed by atoms with Crippen molar-refractivity contribution >= 4 is 17.3 Å². The molecule has 4 rings (SSSR count). The van der Waals surface area contributed by atoms with E-state index in [-0.39, 0.29) is 17.4 Å². The molecule has 1 saturated heterocycles. The number of rotatable bonds is 5. The van der Waals surface area contributed by atoms with Gasteiger partial charge in [0.1, 0.15) is 0 Å². The Morgan fingerprint density at radius 1 is 1.00 bits per heavy atom. The summed E-state index contributed by atoms with van der Waals surface area (Å²) in [5.41, 5.74) is 2.49. The molecule has 1 N–H and O–H groups in total. The molecular formula is C22H22N4O2. The smallest absolute Gasteiger partial charge is 0.255 e. The Kier molecular flexibility index (Phi) is 5.19. The molecule has 6 nitrogen and oxygen atoms in total. The molecule has 6 heteroatoms. The Balaban J connectivity index is 1.47. The number of hydrogen-bond acceptors (Lipinski definition) is 4. The number of hydrogen-bond donors (Lipinski definition) is 1. The van der Waals surface area contributed by atoms with Gasteiger partial charge in [-0.25, -0.2) is 0 Å². The van der Waals surface area contributed by atoms with Crippen LogP contribution >= 0.6 is 0 Å². The molecule has 0 radical (unpaired) electrons. The first-order chi connectivity index (χ1) is 13.7. The number of carbonyl (C=O) groups is 1. The predicted octanol–water partition coefficient (Wildman–Crippen LogP) is 3.09. The Morgan fingerprint density at radius 2 is 1.82 bits per heavy atom. The minimum atomic E-state index is -0.0779. The number of piperidine rings is 1. The van der Waals surface area contributed by atoms with E-state index in [1.807, 2.05) is 47.4 Å². The topological polar surface area (TPSA) is 67.2 Å². The maximum atomic E-state index is 13.0. The third-order valence-electron chi connectivity index (χ3n) is 5.03. The minimum Gasteiger partial charge on any atom is -0.383 e. The van der Waals surface area contributed by atoms with Crippen molar-refractivity contribution < 1.29 is 4.79 Å². The second kappa shape index (κ2) is 8.08. The highest BCUT2D eigenvalue weighted by Gasteiger charge is 2.29. The molecule has 28 heavy (non-hydrogen) atoms. The zero-order valence-corrected chi connectivity index (χ0v) is 15.5. The average Bonchev–Trinajstić information content (AvgIpc) is 2.74. The quantitative estimate of drug-likeness (QED) is 0.745. The molecule has 1 aromatic carbocycles. The minimum absolute atomic E-state index is 0.0645. The molecule has 0 aliphatic carbocycles. The summed E-state index contributed by atoms with van der Waals surface area (Å²) in [7, 11) is 0. The van der Waals surface area contributed by atoms with Crippen molar-refractivity contribution in [2.45, 2.75) is 12.8 Å². The number of nitrogens with zero attached hydrogens (tertiary/aromatic N) is 3. The van der Waals surface area contributed by atoms with Crippen LogP contribution in [-0.4, -0.2) is 28.5 Å². The van der Waals surface area contributed by atoms with E-state index in [1.165, 1.54) is 6.07 Å². The standard InChI is InChI=1S/C22H22N4O2/c27-21-7-1-2-13-25(21)19-8-10-20(11-9-19)26-14-4-5-17(22(26)28)15-24-18-6-3-12-23-16-18/h1-3,6-13,16-17,24H,4-5,14-15H2. The average molecular weight is 374 g/mol. The van der Waals surface area contributed by atoms with Crippen LogP contribution in [0.3, 0.4) is 0 Å². The van der Waals surface area contributed by atoms with Gasteiger partial charge < -0.3 is 10.2 Å². The zero-order chi connectivity index (χ0) is 19.3. The molecular weight excluding hydrogens is 352 g/mol. The van der Waals surface area contributed by atoms with Gasteiger partial charge in [-0.1, -0.05) is 6.07 Å². The molecule has 0 spiro atoms. The molecule has 1 amide bonds. The van der Waals surface area contributed by atoms with E-state index in [4.69, 9.17) is 0 Å². The fraction of sp³-hybridized carbons (Fsp3) is 0.227. The Bertz CT molecular complexity index is 999. The van der Waals surface area contributed by atoms with Gasteiger partial charge in [0.05, 0.1) is 11.6 Å². The van der Waals surface area contributed by atoms with Crippen LogP contribution < -0.4 is 15.8 Å². The lowest BCUT2D eigenvalue weighted by atomic mass is 9.96. The monoisotopic (exact) mass is 374 g/mol. The van der Waals surface area contributed by atoms with Gasteiger partial charge in [-0.2, -0.15) is 0 Å². The van der Waals surface area contributed by atoms with Crippen LogP contribution in [0.5, 0.6) is 0 Å². The number of benzene rings is 1. The van der Waals surface area contributed by atoms with Crippen molar-refractivity contribution in [1.82, 2.24) is 9.55 Å². The van der Waals surface area contributed by atoms with E-state index in [2.05, 4.69) is 10.3 Å². The molecule has 142 valence electrons. The fourth-order valence-electron chi connectivity index (χ4n) is 3.54. The van der Waals surface area contributed by atoms with Gasteiger partial charge in [0.15, 0.2) is 0 Å². The summed E-state index contributed by atoms with van der Waals surface area (Å²) in [5.74, 6) is 0.0673. The molecule has 1 atom stereocenters. The predicted molar refractivity (Wildman–Crippen MR) is 110 cm³/mol. The highest BCUT2D eigenvalue weighted by molar-refractivity contribution is 5.96. The van der Waals surface area contributed by atoms with Gasteiger partial charge in [0.2, 0.25) is 5.91 Å². The Hall–Kier alpha value is -3.41.